The molecule has 2 nitrogen and oxygen atoms in total. The lowest BCUT2D eigenvalue weighted by Gasteiger charge is -2.48. The van der Waals surface area contributed by atoms with E-state index in [1.54, 1.807) is 6.07 Å². The first-order valence-electron chi connectivity index (χ1n) is 6.81. The van der Waals surface area contributed by atoms with Gasteiger partial charge in [0.1, 0.15) is 5.75 Å². The second-order valence-corrected chi connectivity index (χ2v) is 5.60. The maximum atomic E-state index is 9.72. The fourth-order valence-corrected chi connectivity index (χ4v) is 3.87. The van der Waals surface area contributed by atoms with Crippen LogP contribution in [-0.2, 0) is 5.41 Å². The summed E-state index contributed by atoms with van der Waals surface area (Å²) in [5, 5.41) is 13.2. The summed E-state index contributed by atoms with van der Waals surface area (Å²) in [6.45, 7) is 2.27. The van der Waals surface area contributed by atoms with Crippen LogP contribution in [0.4, 0.5) is 0 Å². The van der Waals surface area contributed by atoms with Crippen LogP contribution in [-0.4, -0.2) is 18.2 Å². The Kier molecular flexibility index (Phi) is 2.83. The average molecular weight is 231 g/mol. The van der Waals surface area contributed by atoms with Gasteiger partial charge < -0.3 is 10.4 Å². The van der Waals surface area contributed by atoms with Crippen LogP contribution in [0, 0.1) is 5.92 Å². The number of hydrogen-bond donors (Lipinski definition) is 2. The maximum absolute atomic E-state index is 9.72. The van der Waals surface area contributed by atoms with Gasteiger partial charge in [0.05, 0.1) is 0 Å². The predicted molar refractivity (Wildman–Crippen MR) is 69.2 cm³/mol. The Balaban J connectivity index is 2.00. The molecule has 3 rings (SSSR count). The minimum absolute atomic E-state index is 0.336. The van der Waals surface area contributed by atoms with E-state index in [2.05, 4.69) is 11.4 Å². The van der Waals surface area contributed by atoms with E-state index in [1.165, 1.54) is 37.7 Å². The summed E-state index contributed by atoms with van der Waals surface area (Å²) in [7, 11) is 0. The summed E-state index contributed by atoms with van der Waals surface area (Å²) in [6.07, 6.45) is 6.56. The zero-order valence-electron chi connectivity index (χ0n) is 10.3. The van der Waals surface area contributed by atoms with E-state index >= 15 is 0 Å². The van der Waals surface area contributed by atoms with Gasteiger partial charge in [-0.05, 0) is 56.0 Å². The van der Waals surface area contributed by atoms with Gasteiger partial charge in [0.15, 0.2) is 0 Å². The third-order valence-corrected chi connectivity index (χ3v) is 4.77. The number of rotatable bonds is 1. The van der Waals surface area contributed by atoms with E-state index in [1.807, 2.05) is 12.1 Å². The molecule has 0 amide bonds. The molecule has 2 fully saturated rings. The van der Waals surface area contributed by atoms with Gasteiger partial charge in [-0.1, -0.05) is 25.0 Å². The van der Waals surface area contributed by atoms with E-state index in [4.69, 9.17) is 0 Å². The van der Waals surface area contributed by atoms with E-state index in [0.29, 0.717) is 11.2 Å². The molecular formula is C15H21NO. The van der Waals surface area contributed by atoms with E-state index in [0.717, 1.165) is 19.0 Å². The number of benzene rings is 1. The number of hydrogen-bond acceptors (Lipinski definition) is 2. The van der Waals surface area contributed by atoms with Crippen LogP contribution in [0.2, 0.25) is 0 Å². The van der Waals surface area contributed by atoms with Gasteiger partial charge in [-0.3, -0.25) is 0 Å². The van der Waals surface area contributed by atoms with Crippen LogP contribution in [0.1, 0.15) is 37.7 Å². The first kappa shape index (κ1) is 11.1. The number of phenolic OH excluding ortho intramolecular Hbond substituents is 1. The summed E-state index contributed by atoms with van der Waals surface area (Å²) < 4.78 is 0. The highest BCUT2D eigenvalue weighted by Gasteiger charge is 2.43. The van der Waals surface area contributed by atoms with E-state index in [9.17, 15) is 5.11 Å². The smallest absolute Gasteiger partial charge is 0.115 e. The van der Waals surface area contributed by atoms with Crippen LogP contribution in [0.5, 0.6) is 5.75 Å². The minimum Gasteiger partial charge on any atom is -0.508 e. The Hall–Kier alpha value is -1.02. The third kappa shape index (κ3) is 1.85. The molecule has 17 heavy (non-hydrogen) atoms. The molecule has 0 aromatic heterocycles. The molecule has 1 aliphatic heterocycles. The molecule has 0 unspecified atom stereocenters. The summed E-state index contributed by atoms with van der Waals surface area (Å²) in [5.74, 6) is 1.17. The SMILES string of the molecule is Oc1cccc([C@]23CCCC[C@@H]2CNCC3)c1. The summed E-state index contributed by atoms with van der Waals surface area (Å²) in [4.78, 5) is 0. The van der Waals surface area contributed by atoms with Crippen LogP contribution in [0.25, 0.3) is 0 Å². The third-order valence-electron chi connectivity index (χ3n) is 4.77. The second-order valence-electron chi connectivity index (χ2n) is 5.60. The zero-order valence-corrected chi connectivity index (χ0v) is 10.3. The summed E-state index contributed by atoms with van der Waals surface area (Å²) in [5.41, 5.74) is 1.70. The van der Waals surface area contributed by atoms with Crippen molar-refractivity contribution in [2.45, 2.75) is 37.5 Å². The van der Waals surface area contributed by atoms with Crippen molar-refractivity contribution < 1.29 is 5.11 Å². The molecule has 1 heterocycles. The number of phenols is 1. The summed E-state index contributed by atoms with van der Waals surface area (Å²) in [6, 6.07) is 7.97. The number of aromatic hydroxyl groups is 1. The lowest BCUT2D eigenvalue weighted by molar-refractivity contribution is 0.137. The molecule has 0 spiro atoms. The highest BCUT2D eigenvalue weighted by atomic mass is 16.3. The molecule has 2 heteroatoms. The van der Waals surface area contributed by atoms with Crippen LogP contribution in [0.15, 0.2) is 24.3 Å². The molecule has 1 aromatic carbocycles. The maximum Gasteiger partial charge on any atom is 0.115 e. The van der Waals surface area contributed by atoms with Gasteiger partial charge in [0.2, 0.25) is 0 Å². The second kappa shape index (κ2) is 4.34. The standard InChI is InChI=1S/C15H21NO/c17-14-6-3-5-12(10-14)15-7-2-1-4-13(15)11-16-9-8-15/h3,5-6,10,13,16-17H,1-2,4,7-9,11H2/t13-,15-/m1/s1. The lowest BCUT2D eigenvalue weighted by atomic mass is 9.59. The van der Waals surface area contributed by atoms with Crippen molar-refractivity contribution in [3.05, 3.63) is 29.8 Å². The Bertz CT molecular complexity index is 390. The molecule has 2 aliphatic rings. The predicted octanol–water partition coefficient (Wildman–Crippen LogP) is 2.81. The van der Waals surface area contributed by atoms with Crippen LogP contribution < -0.4 is 5.32 Å². The van der Waals surface area contributed by atoms with Crippen molar-refractivity contribution in [1.82, 2.24) is 5.32 Å². The topological polar surface area (TPSA) is 32.3 Å². The number of fused-ring (bicyclic) bond motifs is 1. The monoisotopic (exact) mass is 231 g/mol. The molecule has 1 aromatic rings. The first-order valence-corrected chi connectivity index (χ1v) is 6.81. The van der Waals surface area contributed by atoms with Crippen molar-refractivity contribution in [2.75, 3.05) is 13.1 Å². The van der Waals surface area contributed by atoms with Crippen molar-refractivity contribution in [3.8, 4) is 5.75 Å². The average Bonchev–Trinajstić information content (AvgIpc) is 2.39. The lowest BCUT2D eigenvalue weighted by Crippen LogP contribution is -2.49. The number of nitrogens with one attached hydrogen (secondary N) is 1. The van der Waals surface area contributed by atoms with Gasteiger partial charge in [-0.25, -0.2) is 0 Å². The molecular weight excluding hydrogens is 210 g/mol. The molecule has 1 saturated carbocycles. The van der Waals surface area contributed by atoms with Gasteiger partial charge in [-0.2, -0.15) is 0 Å². The first-order chi connectivity index (χ1) is 8.31. The van der Waals surface area contributed by atoms with Gasteiger partial charge in [0, 0.05) is 5.41 Å². The zero-order chi connectivity index (χ0) is 11.7. The van der Waals surface area contributed by atoms with Crippen molar-refractivity contribution in [3.63, 3.8) is 0 Å². The van der Waals surface area contributed by atoms with Crippen molar-refractivity contribution in [2.24, 2.45) is 5.92 Å². The molecule has 0 bridgehead atoms. The van der Waals surface area contributed by atoms with Crippen molar-refractivity contribution >= 4 is 0 Å². The van der Waals surface area contributed by atoms with E-state index in [-0.39, 0.29) is 0 Å². The van der Waals surface area contributed by atoms with E-state index < -0.39 is 0 Å². The Morgan fingerprint density at radius 3 is 3.06 bits per heavy atom. The fraction of sp³-hybridized carbons (Fsp3) is 0.600. The molecule has 0 radical (unpaired) electrons. The largest absolute Gasteiger partial charge is 0.508 e. The Labute approximate surface area is 103 Å². The molecule has 2 N–H and O–H groups in total. The van der Waals surface area contributed by atoms with Gasteiger partial charge in [-0.15, -0.1) is 0 Å². The molecule has 2 atom stereocenters. The Morgan fingerprint density at radius 1 is 1.24 bits per heavy atom. The quantitative estimate of drug-likeness (QED) is 0.779. The van der Waals surface area contributed by atoms with Gasteiger partial charge >= 0.3 is 0 Å². The molecule has 92 valence electrons. The normalized spacial score (nSPS) is 33.1. The van der Waals surface area contributed by atoms with Crippen LogP contribution in [0.3, 0.4) is 0 Å². The highest BCUT2D eigenvalue weighted by molar-refractivity contribution is 5.35. The molecule has 1 saturated heterocycles. The summed E-state index contributed by atoms with van der Waals surface area (Å²) >= 11 is 0. The van der Waals surface area contributed by atoms with Crippen LogP contribution >= 0.6 is 0 Å². The van der Waals surface area contributed by atoms with Gasteiger partial charge in [0.25, 0.3) is 0 Å². The van der Waals surface area contributed by atoms with Crippen molar-refractivity contribution in [1.29, 1.82) is 0 Å². The fourth-order valence-electron chi connectivity index (χ4n) is 3.87. The Morgan fingerprint density at radius 2 is 2.18 bits per heavy atom. The number of piperidine rings is 1. The highest BCUT2D eigenvalue weighted by Crippen LogP contribution is 2.47. The molecule has 1 aliphatic carbocycles. The minimum atomic E-state index is 0.336.